The fourth-order valence-corrected chi connectivity index (χ4v) is 3.48. The van der Waals surface area contributed by atoms with Gasteiger partial charge in [0, 0.05) is 6.54 Å². The van der Waals surface area contributed by atoms with Gasteiger partial charge in [0.05, 0.1) is 0 Å². The Morgan fingerprint density at radius 2 is 1.62 bits per heavy atom. The van der Waals surface area contributed by atoms with Crippen LogP contribution in [-0.2, 0) is 9.59 Å². The molecule has 4 amide bonds. The van der Waals surface area contributed by atoms with Crippen LogP contribution in [0.2, 0.25) is 0 Å². The van der Waals surface area contributed by atoms with Gasteiger partial charge in [0.15, 0.2) is 0 Å². The zero-order valence-corrected chi connectivity index (χ0v) is 13.1. The van der Waals surface area contributed by atoms with Crippen LogP contribution in [0.15, 0.2) is 0 Å². The van der Waals surface area contributed by atoms with Gasteiger partial charge in [-0.3, -0.25) is 19.8 Å². The summed E-state index contributed by atoms with van der Waals surface area (Å²) in [7, 11) is 0. The van der Waals surface area contributed by atoms with Crippen molar-refractivity contribution in [2.45, 2.75) is 65.2 Å². The van der Waals surface area contributed by atoms with Crippen LogP contribution in [-0.4, -0.2) is 29.3 Å². The van der Waals surface area contributed by atoms with Crippen molar-refractivity contribution in [2.75, 3.05) is 6.54 Å². The first-order valence-electron chi connectivity index (χ1n) is 8.22. The molecular weight excluding hydrogens is 268 g/mol. The van der Waals surface area contributed by atoms with Crippen LogP contribution in [0, 0.1) is 11.3 Å². The molecule has 2 fully saturated rings. The molecule has 0 aromatic rings. The molecule has 1 saturated heterocycles. The fourth-order valence-electron chi connectivity index (χ4n) is 3.48. The summed E-state index contributed by atoms with van der Waals surface area (Å²) in [5.74, 6) is -0.332. The number of carbonyl (C=O) groups excluding carboxylic acids is 3. The molecule has 21 heavy (non-hydrogen) atoms. The van der Waals surface area contributed by atoms with E-state index >= 15 is 0 Å². The van der Waals surface area contributed by atoms with Crippen LogP contribution in [0.25, 0.3) is 0 Å². The largest absolute Gasteiger partial charge is 0.330 e. The van der Waals surface area contributed by atoms with Crippen molar-refractivity contribution in [3.05, 3.63) is 0 Å². The normalized spacial score (nSPS) is 22.6. The van der Waals surface area contributed by atoms with Gasteiger partial charge in [-0.15, -0.1) is 0 Å². The van der Waals surface area contributed by atoms with Gasteiger partial charge in [0.1, 0.15) is 5.41 Å². The Morgan fingerprint density at radius 1 is 1.05 bits per heavy atom. The van der Waals surface area contributed by atoms with E-state index in [-0.39, 0.29) is 11.8 Å². The number of imide groups is 2. The molecule has 0 atom stereocenters. The molecule has 0 unspecified atom stereocenters. The van der Waals surface area contributed by atoms with E-state index < -0.39 is 11.4 Å². The van der Waals surface area contributed by atoms with Crippen molar-refractivity contribution >= 4 is 17.8 Å². The van der Waals surface area contributed by atoms with E-state index in [1.54, 1.807) is 0 Å². The smallest absolute Gasteiger partial charge is 0.277 e. The zero-order chi connectivity index (χ0) is 15.5. The molecule has 0 aromatic heterocycles. The third-order valence-corrected chi connectivity index (χ3v) is 5.11. The first-order valence-corrected chi connectivity index (χ1v) is 8.22. The van der Waals surface area contributed by atoms with Crippen molar-refractivity contribution in [1.82, 2.24) is 10.2 Å². The number of rotatable bonds is 4. The standard InChI is InChI=1S/C16H26N2O3/c1-3-12(4-2)11-18-14(20)16(13(19)17-15(18)21)9-7-5-6-8-10-16/h12H,3-11H2,1-2H3,(H,17,19,21). The number of nitrogens with one attached hydrogen (secondary N) is 1. The second-order valence-electron chi connectivity index (χ2n) is 6.35. The van der Waals surface area contributed by atoms with E-state index in [0.29, 0.717) is 25.3 Å². The summed E-state index contributed by atoms with van der Waals surface area (Å²) in [5, 5.41) is 2.43. The van der Waals surface area contributed by atoms with Gasteiger partial charge in [0.25, 0.3) is 0 Å². The van der Waals surface area contributed by atoms with Gasteiger partial charge >= 0.3 is 6.03 Å². The SMILES string of the molecule is CCC(CC)CN1C(=O)NC(=O)C2(CCCCCC2)C1=O. The maximum atomic E-state index is 12.9. The second-order valence-corrected chi connectivity index (χ2v) is 6.35. The Labute approximate surface area is 126 Å². The average Bonchev–Trinajstić information content (AvgIpc) is 2.73. The van der Waals surface area contributed by atoms with Crippen LogP contribution >= 0.6 is 0 Å². The molecule has 2 rings (SSSR count). The highest BCUT2D eigenvalue weighted by Crippen LogP contribution is 2.39. The van der Waals surface area contributed by atoms with Crippen LogP contribution < -0.4 is 5.32 Å². The molecule has 2 aliphatic rings. The van der Waals surface area contributed by atoms with Gasteiger partial charge in [-0.05, 0) is 18.8 Å². The Morgan fingerprint density at radius 3 is 2.14 bits per heavy atom. The molecule has 1 aliphatic heterocycles. The van der Waals surface area contributed by atoms with E-state index in [0.717, 1.165) is 38.5 Å². The zero-order valence-electron chi connectivity index (χ0n) is 13.1. The second kappa shape index (κ2) is 6.58. The molecule has 0 aromatic carbocycles. The lowest BCUT2D eigenvalue weighted by molar-refractivity contribution is -0.153. The Balaban J connectivity index is 2.24. The summed E-state index contributed by atoms with van der Waals surface area (Å²) in [4.78, 5) is 38.6. The number of urea groups is 1. The quantitative estimate of drug-likeness (QED) is 0.811. The lowest BCUT2D eigenvalue weighted by Gasteiger charge is -2.39. The molecule has 0 radical (unpaired) electrons. The Kier molecular flexibility index (Phi) is 5.01. The molecule has 5 heteroatoms. The van der Waals surface area contributed by atoms with Crippen LogP contribution in [0.5, 0.6) is 0 Å². The van der Waals surface area contributed by atoms with Gasteiger partial charge in [-0.25, -0.2) is 4.79 Å². The highest BCUT2D eigenvalue weighted by atomic mass is 16.2. The molecule has 0 bridgehead atoms. The summed E-state index contributed by atoms with van der Waals surface area (Å²) in [6.45, 7) is 4.55. The third-order valence-electron chi connectivity index (χ3n) is 5.11. The van der Waals surface area contributed by atoms with Gasteiger partial charge in [0.2, 0.25) is 11.8 Å². The number of hydrogen-bond donors (Lipinski definition) is 1. The number of carbonyl (C=O) groups is 3. The van der Waals surface area contributed by atoms with Crippen molar-refractivity contribution in [3.8, 4) is 0 Å². The average molecular weight is 294 g/mol. The first-order chi connectivity index (χ1) is 10.0. The van der Waals surface area contributed by atoms with E-state index in [9.17, 15) is 14.4 Å². The lowest BCUT2D eigenvalue weighted by atomic mass is 9.76. The molecular formula is C16H26N2O3. The van der Waals surface area contributed by atoms with Crippen molar-refractivity contribution in [2.24, 2.45) is 11.3 Å². The van der Waals surface area contributed by atoms with Crippen molar-refractivity contribution in [3.63, 3.8) is 0 Å². The van der Waals surface area contributed by atoms with E-state index in [1.165, 1.54) is 4.90 Å². The monoisotopic (exact) mass is 294 g/mol. The number of amides is 4. The Bertz CT molecular complexity index is 421. The Hall–Kier alpha value is -1.39. The summed E-state index contributed by atoms with van der Waals surface area (Å²) in [6.07, 6.45) is 6.88. The predicted octanol–water partition coefficient (Wildman–Crippen LogP) is 2.84. The van der Waals surface area contributed by atoms with E-state index in [4.69, 9.17) is 0 Å². The van der Waals surface area contributed by atoms with Gasteiger partial charge in [-0.2, -0.15) is 0 Å². The van der Waals surface area contributed by atoms with Gasteiger partial charge < -0.3 is 0 Å². The first kappa shape index (κ1) is 16.0. The van der Waals surface area contributed by atoms with Crippen molar-refractivity contribution < 1.29 is 14.4 Å². The molecule has 1 spiro atoms. The number of nitrogens with zero attached hydrogens (tertiary/aromatic N) is 1. The maximum Gasteiger partial charge on any atom is 0.330 e. The minimum Gasteiger partial charge on any atom is -0.277 e. The molecule has 1 N–H and O–H groups in total. The topological polar surface area (TPSA) is 66.5 Å². The molecule has 1 heterocycles. The molecule has 5 nitrogen and oxygen atoms in total. The summed E-state index contributed by atoms with van der Waals surface area (Å²) in [6, 6.07) is -0.535. The predicted molar refractivity (Wildman–Crippen MR) is 79.5 cm³/mol. The minimum atomic E-state index is -0.990. The molecule has 1 saturated carbocycles. The summed E-state index contributed by atoms with van der Waals surface area (Å²) in [5.41, 5.74) is -0.990. The number of hydrogen-bond acceptors (Lipinski definition) is 3. The molecule has 118 valence electrons. The van der Waals surface area contributed by atoms with Gasteiger partial charge in [-0.1, -0.05) is 52.4 Å². The summed E-state index contributed by atoms with van der Waals surface area (Å²) >= 11 is 0. The molecule has 1 aliphatic carbocycles. The maximum absolute atomic E-state index is 12.9. The third kappa shape index (κ3) is 2.97. The highest BCUT2D eigenvalue weighted by Gasteiger charge is 2.53. The minimum absolute atomic E-state index is 0.259. The number of barbiturate groups is 1. The van der Waals surface area contributed by atoms with Crippen LogP contribution in [0.3, 0.4) is 0 Å². The highest BCUT2D eigenvalue weighted by molar-refractivity contribution is 6.19. The van der Waals surface area contributed by atoms with E-state index in [2.05, 4.69) is 19.2 Å². The van der Waals surface area contributed by atoms with E-state index in [1.807, 2.05) is 0 Å². The summed E-state index contributed by atoms with van der Waals surface area (Å²) < 4.78 is 0. The van der Waals surface area contributed by atoms with Crippen LogP contribution in [0.1, 0.15) is 65.2 Å². The van der Waals surface area contributed by atoms with Crippen molar-refractivity contribution in [1.29, 1.82) is 0 Å². The fraction of sp³-hybridized carbons (Fsp3) is 0.812. The van der Waals surface area contributed by atoms with Crippen LogP contribution in [0.4, 0.5) is 4.79 Å². The lowest BCUT2D eigenvalue weighted by Crippen LogP contribution is -2.64.